The molecule has 1 unspecified atom stereocenters. The molecule has 0 spiro atoms. The van der Waals surface area contributed by atoms with Crippen LogP contribution < -0.4 is 0 Å². The topological polar surface area (TPSA) is 37.4 Å². The van der Waals surface area contributed by atoms with Gasteiger partial charge in [-0.3, -0.25) is 14.5 Å². The first-order valence-corrected chi connectivity index (χ1v) is 5.13. The maximum atomic E-state index is 12.9. The molecule has 1 aliphatic rings. The van der Waals surface area contributed by atoms with Crippen molar-refractivity contribution < 1.29 is 14.0 Å². The van der Waals surface area contributed by atoms with Crippen LogP contribution in [0.15, 0.2) is 24.3 Å². The van der Waals surface area contributed by atoms with Gasteiger partial charge in [-0.15, -0.1) is 0 Å². The van der Waals surface area contributed by atoms with Gasteiger partial charge < -0.3 is 0 Å². The minimum absolute atomic E-state index is 0.161. The van der Waals surface area contributed by atoms with E-state index in [1.807, 2.05) is 0 Å². The van der Waals surface area contributed by atoms with Crippen molar-refractivity contribution in [3.8, 4) is 0 Å². The Bertz CT molecular complexity index is 444. The van der Waals surface area contributed by atoms with Crippen molar-refractivity contribution in [2.24, 2.45) is 5.92 Å². The fraction of sp³-hybridized carbons (Fsp3) is 0.333. The van der Waals surface area contributed by atoms with Crippen LogP contribution in [0.1, 0.15) is 12.0 Å². The van der Waals surface area contributed by atoms with E-state index < -0.39 is 0 Å². The standard InChI is InChI=1S/C12H12FNO2/c1-14-11(15)7-9(12(14)16)5-8-3-2-4-10(13)6-8/h2-4,6,9H,5,7H2,1H3. The summed E-state index contributed by atoms with van der Waals surface area (Å²) in [5.74, 6) is -0.984. The molecule has 1 atom stereocenters. The number of nitrogens with zero attached hydrogens (tertiary/aromatic N) is 1. The second kappa shape index (κ2) is 4.04. The number of hydrogen-bond donors (Lipinski definition) is 0. The highest BCUT2D eigenvalue weighted by Gasteiger charge is 2.35. The van der Waals surface area contributed by atoms with Crippen molar-refractivity contribution in [3.63, 3.8) is 0 Å². The van der Waals surface area contributed by atoms with Gasteiger partial charge in [-0.1, -0.05) is 12.1 Å². The lowest BCUT2D eigenvalue weighted by Crippen LogP contribution is -2.26. The number of benzene rings is 1. The quantitative estimate of drug-likeness (QED) is 0.707. The summed E-state index contributed by atoms with van der Waals surface area (Å²) < 4.78 is 12.9. The SMILES string of the molecule is CN1C(=O)CC(Cc2cccc(F)c2)C1=O. The van der Waals surface area contributed by atoms with Gasteiger partial charge in [0, 0.05) is 13.5 Å². The highest BCUT2D eigenvalue weighted by molar-refractivity contribution is 6.03. The molecule has 3 nitrogen and oxygen atoms in total. The van der Waals surface area contributed by atoms with Gasteiger partial charge in [-0.2, -0.15) is 0 Å². The minimum Gasteiger partial charge on any atom is -0.285 e. The van der Waals surface area contributed by atoms with E-state index in [4.69, 9.17) is 0 Å². The lowest BCUT2D eigenvalue weighted by Gasteiger charge is -2.08. The Labute approximate surface area is 92.9 Å². The Balaban J connectivity index is 2.12. The van der Waals surface area contributed by atoms with Crippen LogP contribution in [0.25, 0.3) is 0 Å². The number of hydrogen-bond acceptors (Lipinski definition) is 2. The second-order valence-corrected chi connectivity index (χ2v) is 4.03. The first-order valence-electron chi connectivity index (χ1n) is 5.13. The smallest absolute Gasteiger partial charge is 0.232 e. The molecule has 1 fully saturated rings. The molecule has 1 heterocycles. The van der Waals surface area contributed by atoms with Gasteiger partial charge in [0.25, 0.3) is 0 Å². The first-order chi connectivity index (χ1) is 7.58. The number of imide groups is 1. The van der Waals surface area contributed by atoms with Crippen LogP contribution in [-0.2, 0) is 16.0 Å². The highest BCUT2D eigenvalue weighted by atomic mass is 19.1. The average Bonchev–Trinajstić information content (AvgIpc) is 2.47. The summed E-state index contributed by atoms with van der Waals surface area (Å²) in [5, 5.41) is 0. The molecule has 0 aliphatic carbocycles. The summed E-state index contributed by atoms with van der Waals surface area (Å²) in [5.41, 5.74) is 0.751. The number of rotatable bonds is 2. The van der Waals surface area contributed by atoms with Crippen LogP contribution in [-0.4, -0.2) is 23.8 Å². The molecule has 84 valence electrons. The van der Waals surface area contributed by atoms with E-state index in [0.29, 0.717) is 6.42 Å². The molecular formula is C12H12FNO2. The van der Waals surface area contributed by atoms with Crippen molar-refractivity contribution in [2.45, 2.75) is 12.8 Å². The second-order valence-electron chi connectivity index (χ2n) is 4.03. The normalized spacial score (nSPS) is 20.6. The van der Waals surface area contributed by atoms with Crippen LogP contribution in [0, 0.1) is 11.7 Å². The van der Waals surface area contributed by atoms with E-state index >= 15 is 0 Å². The van der Waals surface area contributed by atoms with Crippen LogP contribution in [0.3, 0.4) is 0 Å². The average molecular weight is 221 g/mol. The first kappa shape index (κ1) is 10.8. The monoisotopic (exact) mass is 221 g/mol. The molecule has 0 saturated carbocycles. The molecule has 0 radical (unpaired) electrons. The fourth-order valence-electron chi connectivity index (χ4n) is 1.94. The summed E-state index contributed by atoms with van der Waals surface area (Å²) in [7, 11) is 1.48. The summed E-state index contributed by atoms with van der Waals surface area (Å²) in [4.78, 5) is 24.0. The van der Waals surface area contributed by atoms with E-state index in [0.717, 1.165) is 10.5 Å². The zero-order valence-electron chi connectivity index (χ0n) is 8.94. The molecule has 2 rings (SSSR count). The van der Waals surface area contributed by atoms with E-state index in [1.54, 1.807) is 12.1 Å². The van der Waals surface area contributed by atoms with Crippen molar-refractivity contribution >= 4 is 11.8 Å². The fourth-order valence-corrected chi connectivity index (χ4v) is 1.94. The van der Waals surface area contributed by atoms with Crippen molar-refractivity contribution in [1.82, 2.24) is 4.90 Å². The lowest BCUT2D eigenvalue weighted by atomic mass is 9.98. The van der Waals surface area contributed by atoms with Crippen LogP contribution >= 0.6 is 0 Å². The number of halogens is 1. The number of amides is 2. The van der Waals surface area contributed by atoms with Crippen LogP contribution in [0.2, 0.25) is 0 Å². The molecule has 0 N–H and O–H groups in total. The lowest BCUT2D eigenvalue weighted by molar-refractivity contribution is -0.137. The third kappa shape index (κ3) is 1.96. The zero-order chi connectivity index (χ0) is 11.7. The van der Waals surface area contributed by atoms with Crippen molar-refractivity contribution in [3.05, 3.63) is 35.6 Å². The number of carbonyl (C=O) groups is 2. The minimum atomic E-state index is -0.334. The maximum absolute atomic E-state index is 12.9. The van der Waals surface area contributed by atoms with E-state index in [9.17, 15) is 14.0 Å². The molecule has 0 aromatic heterocycles. The van der Waals surface area contributed by atoms with Crippen LogP contribution in [0.5, 0.6) is 0 Å². The van der Waals surface area contributed by atoms with Gasteiger partial charge in [0.1, 0.15) is 5.82 Å². The molecule has 0 bridgehead atoms. The Morgan fingerprint density at radius 3 is 2.75 bits per heavy atom. The van der Waals surface area contributed by atoms with Gasteiger partial charge in [-0.25, -0.2) is 4.39 Å². The van der Waals surface area contributed by atoms with Gasteiger partial charge in [0.05, 0.1) is 5.92 Å². The molecule has 2 amide bonds. The van der Waals surface area contributed by atoms with Crippen LogP contribution in [0.4, 0.5) is 4.39 Å². The molecule has 1 aromatic carbocycles. The third-order valence-corrected chi connectivity index (χ3v) is 2.85. The Kier molecular flexibility index (Phi) is 2.73. The zero-order valence-corrected chi connectivity index (χ0v) is 8.94. The molecule has 16 heavy (non-hydrogen) atoms. The Hall–Kier alpha value is -1.71. The summed E-state index contributed by atoms with van der Waals surface area (Å²) in [6.45, 7) is 0. The summed E-state index contributed by atoms with van der Waals surface area (Å²) in [6, 6.07) is 6.13. The predicted octanol–water partition coefficient (Wildman–Crippen LogP) is 1.37. The largest absolute Gasteiger partial charge is 0.285 e. The number of carbonyl (C=O) groups excluding carboxylic acids is 2. The Morgan fingerprint density at radius 2 is 2.19 bits per heavy atom. The maximum Gasteiger partial charge on any atom is 0.232 e. The third-order valence-electron chi connectivity index (χ3n) is 2.85. The predicted molar refractivity (Wildman–Crippen MR) is 56.0 cm³/mol. The highest BCUT2D eigenvalue weighted by Crippen LogP contribution is 2.22. The van der Waals surface area contributed by atoms with E-state index in [2.05, 4.69) is 0 Å². The van der Waals surface area contributed by atoms with Gasteiger partial charge in [-0.05, 0) is 24.1 Å². The summed E-state index contributed by atoms with van der Waals surface area (Å²) in [6.07, 6.45) is 0.651. The molecule has 1 aromatic rings. The molecule has 4 heteroatoms. The summed E-state index contributed by atoms with van der Waals surface area (Å²) >= 11 is 0. The van der Waals surface area contributed by atoms with Crippen molar-refractivity contribution in [2.75, 3.05) is 7.05 Å². The van der Waals surface area contributed by atoms with E-state index in [-0.39, 0.29) is 30.0 Å². The van der Waals surface area contributed by atoms with Gasteiger partial charge in [0.2, 0.25) is 11.8 Å². The van der Waals surface area contributed by atoms with Gasteiger partial charge in [0.15, 0.2) is 0 Å². The molecular weight excluding hydrogens is 209 g/mol. The molecule has 1 aliphatic heterocycles. The van der Waals surface area contributed by atoms with Gasteiger partial charge >= 0.3 is 0 Å². The van der Waals surface area contributed by atoms with E-state index in [1.165, 1.54) is 19.2 Å². The number of likely N-dealkylation sites (tertiary alicyclic amines) is 1. The van der Waals surface area contributed by atoms with Crippen molar-refractivity contribution in [1.29, 1.82) is 0 Å². The Morgan fingerprint density at radius 1 is 1.44 bits per heavy atom. The molecule has 1 saturated heterocycles.